The van der Waals surface area contributed by atoms with Crippen LogP contribution < -0.4 is 0 Å². The molecule has 5 nitrogen and oxygen atoms in total. The van der Waals surface area contributed by atoms with Crippen LogP contribution in [0, 0.1) is 33.0 Å². The zero-order chi connectivity index (χ0) is 21.1. The normalized spacial score (nSPS) is 33.4. The molecule has 1 fully saturated rings. The van der Waals surface area contributed by atoms with Gasteiger partial charge >= 0.3 is 0 Å². The molecule has 0 amide bonds. The average molecular weight is 381 g/mol. The smallest absolute Gasteiger partial charge is 0.187 e. The van der Waals surface area contributed by atoms with Gasteiger partial charge in [0.2, 0.25) is 0 Å². The van der Waals surface area contributed by atoms with Crippen molar-refractivity contribution in [1.29, 1.82) is 10.7 Å². The Morgan fingerprint density at radius 2 is 1.71 bits per heavy atom. The zero-order valence-electron chi connectivity index (χ0n) is 18.4. The van der Waals surface area contributed by atoms with Gasteiger partial charge in [-0.05, 0) is 31.9 Å². The van der Waals surface area contributed by atoms with Crippen molar-refractivity contribution in [1.82, 2.24) is 0 Å². The fourth-order valence-electron chi connectivity index (χ4n) is 4.30. The Morgan fingerprint density at radius 1 is 1.07 bits per heavy atom. The first-order chi connectivity index (χ1) is 12.7. The van der Waals surface area contributed by atoms with E-state index in [0.29, 0.717) is 12.3 Å². The first-order valence-electron chi connectivity index (χ1n) is 9.97. The highest BCUT2D eigenvalue weighted by molar-refractivity contribution is 6.05. The van der Waals surface area contributed by atoms with Crippen molar-refractivity contribution in [3.63, 3.8) is 0 Å². The van der Waals surface area contributed by atoms with E-state index >= 15 is 0 Å². The third kappa shape index (κ3) is 3.23. The molecule has 0 aromatic carbocycles. The minimum Gasteiger partial charge on any atom is -0.447 e. The molecule has 0 aromatic heterocycles. The summed E-state index contributed by atoms with van der Waals surface area (Å²) in [5.74, 6) is 1.14. The molecule has 3 heterocycles. The Morgan fingerprint density at radius 3 is 2.21 bits per heavy atom. The fourth-order valence-corrected chi connectivity index (χ4v) is 4.30. The maximum atomic E-state index is 9.66. The lowest BCUT2D eigenvalue weighted by Gasteiger charge is -2.29. The van der Waals surface area contributed by atoms with Gasteiger partial charge in [0, 0.05) is 40.5 Å². The van der Waals surface area contributed by atoms with Gasteiger partial charge in [0.15, 0.2) is 5.90 Å². The fraction of sp³-hybridized carbons (Fsp3) is 0.652. The molecule has 3 aliphatic rings. The van der Waals surface area contributed by atoms with E-state index in [9.17, 15) is 5.26 Å². The number of allylic oxidation sites excluding steroid dienone is 4. The molecular weight excluding hydrogens is 348 g/mol. The minimum atomic E-state index is -0.705. The van der Waals surface area contributed by atoms with Crippen LogP contribution in [0.3, 0.4) is 0 Å². The van der Waals surface area contributed by atoms with Crippen molar-refractivity contribution in [3.05, 3.63) is 23.1 Å². The number of nitriles is 1. The molecule has 0 aliphatic carbocycles. The summed E-state index contributed by atoms with van der Waals surface area (Å²) in [6.07, 6.45) is 4.24. The summed E-state index contributed by atoms with van der Waals surface area (Å²) in [5.41, 5.74) is 2.94. The van der Waals surface area contributed by atoms with Crippen molar-refractivity contribution in [2.24, 2.45) is 26.2 Å². The molecule has 1 saturated heterocycles. The molecular formula is C23H32N4O. The molecule has 3 aliphatic heterocycles. The van der Waals surface area contributed by atoms with Crippen LogP contribution in [0.1, 0.15) is 74.7 Å². The largest absolute Gasteiger partial charge is 0.447 e. The molecule has 5 heteroatoms. The Kier molecular flexibility index (Phi) is 4.50. The molecule has 1 N–H and O–H groups in total. The highest BCUT2D eigenvalue weighted by atomic mass is 16.5. The molecule has 150 valence electrons. The van der Waals surface area contributed by atoms with E-state index in [4.69, 9.17) is 20.1 Å². The van der Waals surface area contributed by atoms with Gasteiger partial charge in [-0.3, -0.25) is 15.4 Å². The first-order valence-corrected chi connectivity index (χ1v) is 9.97. The molecule has 0 saturated carbocycles. The third-order valence-corrected chi connectivity index (χ3v) is 6.61. The standard InChI is InChI=1S/C23H32N4O/c1-14(16-11-22(6,7)23(8,13-24)27-16)19-21(4,5)10-15(26-19)9-17-20(2,3)12-18(25)28-17/h9,25H,10-12H2,1-8H3/b17-9-,19-14-,25-18?. The molecule has 3 rings (SSSR count). The maximum absolute atomic E-state index is 9.66. The summed E-state index contributed by atoms with van der Waals surface area (Å²) in [6.45, 7) is 16.8. The third-order valence-electron chi connectivity index (χ3n) is 6.61. The van der Waals surface area contributed by atoms with Gasteiger partial charge in [0.1, 0.15) is 11.3 Å². The van der Waals surface area contributed by atoms with Crippen LogP contribution in [0.2, 0.25) is 0 Å². The number of nitrogens with one attached hydrogen (secondary N) is 1. The van der Waals surface area contributed by atoms with Gasteiger partial charge in [-0.15, -0.1) is 0 Å². The minimum absolute atomic E-state index is 0.106. The van der Waals surface area contributed by atoms with Gasteiger partial charge in [-0.2, -0.15) is 5.26 Å². The Bertz CT molecular complexity index is 905. The van der Waals surface area contributed by atoms with Crippen LogP contribution >= 0.6 is 0 Å². The lowest BCUT2D eigenvalue weighted by Crippen LogP contribution is -2.34. The summed E-state index contributed by atoms with van der Waals surface area (Å²) in [4.78, 5) is 9.79. The van der Waals surface area contributed by atoms with Crippen LogP contribution in [0.15, 0.2) is 33.1 Å². The second kappa shape index (κ2) is 6.14. The zero-order valence-corrected chi connectivity index (χ0v) is 18.4. The van der Waals surface area contributed by atoms with E-state index in [1.165, 1.54) is 0 Å². The van der Waals surface area contributed by atoms with E-state index in [2.05, 4.69) is 54.5 Å². The van der Waals surface area contributed by atoms with Crippen molar-refractivity contribution in [2.45, 2.75) is 80.2 Å². The van der Waals surface area contributed by atoms with E-state index in [1.54, 1.807) is 0 Å². The number of hydrogen-bond donors (Lipinski definition) is 1. The Balaban J connectivity index is 2.01. The number of hydrogen-bond acceptors (Lipinski definition) is 5. The molecule has 1 atom stereocenters. The summed E-state index contributed by atoms with van der Waals surface area (Å²) < 4.78 is 5.66. The van der Waals surface area contributed by atoms with Crippen molar-refractivity contribution in [3.8, 4) is 6.07 Å². The van der Waals surface area contributed by atoms with Crippen LogP contribution in [0.4, 0.5) is 0 Å². The molecule has 1 unspecified atom stereocenters. The van der Waals surface area contributed by atoms with Gasteiger partial charge in [-0.1, -0.05) is 41.5 Å². The highest BCUT2D eigenvalue weighted by Gasteiger charge is 2.48. The predicted octanol–water partition coefficient (Wildman–Crippen LogP) is 5.59. The molecule has 28 heavy (non-hydrogen) atoms. The monoisotopic (exact) mass is 380 g/mol. The predicted molar refractivity (Wildman–Crippen MR) is 114 cm³/mol. The van der Waals surface area contributed by atoms with E-state index < -0.39 is 5.54 Å². The van der Waals surface area contributed by atoms with Gasteiger partial charge < -0.3 is 4.74 Å². The first kappa shape index (κ1) is 20.5. The van der Waals surface area contributed by atoms with Gasteiger partial charge in [-0.25, -0.2) is 0 Å². The molecule has 0 radical (unpaired) electrons. The van der Waals surface area contributed by atoms with Gasteiger partial charge in [0.05, 0.1) is 11.8 Å². The molecule has 0 spiro atoms. The maximum Gasteiger partial charge on any atom is 0.187 e. The van der Waals surface area contributed by atoms with Crippen LogP contribution in [0.25, 0.3) is 0 Å². The SMILES string of the molecule is C/C(C1=NC(C)(C#N)C(C)(C)C1)=C1N=C(/C=C2\OC(=N)CC2(C)C)CC/1(C)C. The van der Waals surface area contributed by atoms with Crippen molar-refractivity contribution >= 4 is 17.3 Å². The number of ether oxygens (including phenoxy) is 1. The van der Waals surface area contributed by atoms with Gasteiger partial charge in [0.25, 0.3) is 0 Å². The summed E-state index contributed by atoms with van der Waals surface area (Å²) in [6, 6.07) is 2.40. The summed E-state index contributed by atoms with van der Waals surface area (Å²) in [7, 11) is 0. The second-order valence-corrected chi connectivity index (χ2v) is 10.5. The Hall–Kier alpha value is -2.22. The van der Waals surface area contributed by atoms with E-state index in [-0.39, 0.29) is 16.2 Å². The number of aliphatic imine (C=N–C) groups is 2. The van der Waals surface area contributed by atoms with Crippen LogP contribution in [-0.4, -0.2) is 22.9 Å². The van der Waals surface area contributed by atoms with E-state index in [0.717, 1.165) is 41.3 Å². The van der Waals surface area contributed by atoms with Crippen LogP contribution in [0.5, 0.6) is 0 Å². The average Bonchev–Trinajstić information content (AvgIpc) is 3.08. The van der Waals surface area contributed by atoms with Crippen molar-refractivity contribution < 1.29 is 4.74 Å². The lowest BCUT2D eigenvalue weighted by atomic mass is 9.73. The molecule has 0 aromatic rings. The highest BCUT2D eigenvalue weighted by Crippen LogP contribution is 2.47. The lowest BCUT2D eigenvalue weighted by molar-refractivity contribution is 0.276. The molecule has 0 bridgehead atoms. The number of nitrogens with zero attached hydrogens (tertiary/aromatic N) is 3. The summed E-state index contributed by atoms with van der Waals surface area (Å²) >= 11 is 0. The quantitative estimate of drug-likeness (QED) is 0.677. The second-order valence-electron chi connectivity index (χ2n) is 10.5. The summed E-state index contributed by atoms with van der Waals surface area (Å²) in [5, 5.41) is 17.5. The van der Waals surface area contributed by atoms with E-state index in [1.807, 2.05) is 13.0 Å². The Labute approximate surface area is 168 Å². The topological polar surface area (TPSA) is 81.6 Å². The van der Waals surface area contributed by atoms with Crippen molar-refractivity contribution in [2.75, 3.05) is 0 Å². The number of rotatable bonds is 2. The van der Waals surface area contributed by atoms with Crippen LogP contribution in [-0.2, 0) is 4.74 Å².